The summed E-state index contributed by atoms with van der Waals surface area (Å²) in [7, 11) is -0.988. The van der Waals surface area contributed by atoms with Crippen molar-refractivity contribution in [3.63, 3.8) is 0 Å². The van der Waals surface area contributed by atoms with Crippen LogP contribution in [0.25, 0.3) is 0 Å². The lowest BCUT2D eigenvalue weighted by Gasteiger charge is -2.33. The predicted molar refractivity (Wildman–Crippen MR) is 110 cm³/mol. The summed E-state index contributed by atoms with van der Waals surface area (Å²) < 4.78 is 37.6. The Kier molecular flexibility index (Phi) is 6.58. The molecule has 1 aliphatic rings. The van der Waals surface area contributed by atoms with Crippen LogP contribution >= 0.6 is 0 Å². The molecule has 10 heteroatoms. The Morgan fingerprint density at radius 1 is 1.17 bits per heavy atom. The second-order valence-electron chi connectivity index (χ2n) is 6.55. The van der Waals surface area contributed by atoms with Crippen LogP contribution in [0.3, 0.4) is 0 Å². The van der Waals surface area contributed by atoms with Crippen molar-refractivity contribution in [2.24, 2.45) is 0 Å². The minimum absolute atomic E-state index is 0.0690. The lowest BCUT2D eigenvalue weighted by atomic mass is 10.1. The molecular weight excluding hydrogens is 410 g/mol. The van der Waals surface area contributed by atoms with E-state index in [1.165, 1.54) is 26.4 Å². The van der Waals surface area contributed by atoms with E-state index >= 15 is 0 Å². The van der Waals surface area contributed by atoms with E-state index in [1.807, 2.05) is 0 Å². The van der Waals surface area contributed by atoms with Gasteiger partial charge in [0.05, 0.1) is 31.2 Å². The van der Waals surface area contributed by atoms with Gasteiger partial charge in [0.1, 0.15) is 17.5 Å². The fourth-order valence-electron chi connectivity index (χ4n) is 3.19. The number of nitrogens with zero attached hydrogens (tertiary/aromatic N) is 1. The number of nitrogens with one attached hydrogen (secondary N) is 2. The van der Waals surface area contributed by atoms with Gasteiger partial charge in [-0.3, -0.25) is 9.59 Å². The van der Waals surface area contributed by atoms with Crippen LogP contribution in [0.5, 0.6) is 11.5 Å². The Bertz CT molecular complexity index is 1030. The van der Waals surface area contributed by atoms with Crippen LogP contribution in [0, 0.1) is 0 Å². The molecule has 0 spiro atoms. The number of benzene rings is 2. The summed E-state index contributed by atoms with van der Waals surface area (Å²) in [5.41, 5.74) is 0.357. The molecule has 0 saturated carbocycles. The zero-order valence-corrected chi connectivity index (χ0v) is 17.4. The van der Waals surface area contributed by atoms with Crippen molar-refractivity contribution < 1.29 is 27.5 Å². The van der Waals surface area contributed by atoms with Gasteiger partial charge in [-0.15, -0.1) is 0 Å². The minimum Gasteiger partial charge on any atom is -0.497 e. The van der Waals surface area contributed by atoms with E-state index in [0.717, 1.165) is 4.31 Å². The third-order valence-corrected chi connectivity index (χ3v) is 6.61. The van der Waals surface area contributed by atoms with Crippen molar-refractivity contribution in [2.75, 3.05) is 32.6 Å². The molecule has 0 bridgehead atoms. The predicted octanol–water partition coefficient (Wildman–Crippen LogP) is 1.22. The topological polar surface area (TPSA) is 114 Å². The molecule has 30 heavy (non-hydrogen) atoms. The molecule has 1 heterocycles. The van der Waals surface area contributed by atoms with Gasteiger partial charge in [-0.05, 0) is 24.3 Å². The van der Waals surface area contributed by atoms with Gasteiger partial charge in [0.2, 0.25) is 21.8 Å². The molecule has 9 nitrogen and oxygen atoms in total. The van der Waals surface area contributed by atoms with Crippen molar-refractivity contribution >= 4 is 27.5 Å². The summed E-state index contributed by atoms with van der Waals surface area (Å²) in [5, 5.41) is 5.30. The van der Waals surface area contributed by atoms with Crippen LogP contribution < -0.4 is 20.1 Å². The molecular formula is C20H23N3O6S. The standard InChI is InChI=1S/C20H23N3O6S/c1-28-14-8-9-18(29-2)16(12-14)22-19(24)13-17-20(25)21-10-11-23(17)30(26,27)15-6-4-3-5-7-15/h3-9,12,17H,10-11,13H2,1-2H3,(H,21,25)(H,22,24)/t17-/m1/s1. The summed E-state index contributed by atoms with van der Waals surface area (Å²) in [6.45, 7) is 0.246. The summed E-state index contributed by atoms with van der Waals surface area (Å²) >= 11 is 0. The van der Waals surface area contributed by atoms with Gasteiger partial charge in [0.25, 0.3) is 0 Å². The van der Waals surface area contributed by atoms with Crippen molar-refractivity contribution in [3.05, 3.63) is 48.5 Å². The van der Waals surface area contributed by atoms with Gasteiger partial charge >= 0.3 is 0 Å². The number of carbonyl (C=O) groups is 2. The average molecular weight is 433 g/mol. The van der Waals surface area contributed by atoms with Gasteiger partial charge in [0, 0.05) is 19.2 Å². The van der Waals surface area contributed by atoms with Crippen LogP contribution in [0.15, 0.2) is 53.4 Å². The minimum atomic E-state index is -3.94. The third kappa shape index (κ3) is 4.55. The monoisotopic (exact) mass is 433 g/mol. The number of piperazine rings is 1. The van der Waals surface area contributed by atoms with Gasteiger partial charge in [0.15, 0.2) is 0 Å². The van der Waals surface area contributed by atoms with Crippen LogP contribution in [0.2, 0.25) is 0 Å². The van der Waals surface area contributed by atoms with Gasteiger partial charge in [-0.1, -0.05) is 18.2 Å². The Morgan fingerprint density at radius 2 is 1.90 bits per heavy atom. The molecule has 3 rings (SSSR count). The summed E-state index contributed by atoms with van der Waals surface area (Å²) in [4.78, 5) is 25.2. The zero-order valence-electron chi connectivity index (χ0n) is 16.6. The molecule has 1 saturated heterocycles. The van der Waals surface area contributed by atoms with Gasteiger partial charge < -0.3 is 20.1 Å². The Morgan fingerprint density at radius 3 is 2.57 bits per heavy atom. The summed E-state index contributed by atoms with van der Waals surface area (Å²) in [5.74, 6) is -0.133. The number of carbonyl (C=O) groups excluding carboxylic acids is 2. The second kappa shape index (κ2) is 9.14. The first-order valence-electron chi connectivity index (χ1n) is 9.23. The molecule has 0 aliphatic carbocycles. The van der Waals surface area contributed by atoms with Crippen LogP contribution in [-0.4, -0.2) is 57.9 Å². The maximum absolute atomic E-state index is 13.0. The highest BCUT2D eigenvalue weighted by atomic mass is 32.2. The fourth-order valence-corrected chi connectivity index (χ4v) is 4.80. The van der Waals surface area contributed by atoms with Gasteiger partial charge in [-0.25, -0.2) is 8.42 Å². The molecule has 1 aliphatic heterocycles. The van der Waals surface area contributed by atoms with Crippen molar-refractivity contribution in [2.45, 2.75) is 17.4 Å². The Labute approximate surface area is 175 Å². The van der Waals surface area contributed by atoms with E-state index in [1.54, 1.807) is 36.4 Å². The van der Waals surface area contributed by atoms with Crippen LogP contribution in [0.1, 0.15) is 6.42 Å². The Hall–Kier alpha value is -3.11. The van der Waals surface area contributed by atoms with E-state index in [4.69, 9.17) is 9.47 Å². The van der Waals surface area contributed by atoms with Crippen molar-refractivity contribution in [1.29, 1.82) is 0 Å². The quantitative estimate of drug-likeness (QED) is 0.679. The SMILES string of the molecule is COc1ccc(OC)c(NC(=O)C[C@@H]2C(=O)NCCN2S(=O)(=O)c2ccccc2)c1. The molecule has 160 valence electrons. The van der Waals surface area contributed by atoms with Crippen LogP contribution in [-0.2, 0) is 19.6 Å². The number of hydrogen-bond acceptors (Lipinski definition) is 6. The molecule has 2 aromatic rings. The highest BCUT2D eigenvalue weighted by Gasteiger charge is 2.39. The van der Waals surface area contributed by atoms with E-state index in [9.17, 15) is 18.0 Å². The smallest absolute Gasteiger partial charge is 0.243 e. The number of methoxy groups -OCH3 is 2. The molecule has 0 aromatic heterocycles. The molecule has 2 N–H and O–H groups in total. The first-order valence-corrected chi connectivity index (χ1v) is 10.7. The number of amides is 2. The largest absolute Gasteiger partial charge is 0.497 e. The number of hydrogen-bond donors (Lipinski definition) is 2. The zero-order chi connectivity index (χ0) is 21.7. The highest BCUT2D eigenvalue weighted by Crippen LogP contribution is 2.29. The molecule has 0 radical (unpaired) electrons. The maximum Gasteiger partial charge on any atom is 0.243 e. The summed E-state index contributed by atoms with van der Waals surface area (Å²) in [6.07, 6.45) is -0.349. The maximum atomic E-state index is 13.0. The molecule has 2 aromatic carbocycles. The average Bonchev–Trinajstić information content (AvgIpc) is 2.75. The fraction of sp³-hybridized carbons (Fsp3) is 0.300. The first kappa shape index (κ1) is 21.6. The number of rotatable bonds is 7. The Balaban J connectivity index is 1.82. The third-order valence-electron chi connectivity index (χ3n) is 4.69. The summed E-state index contributed by atoms with van der Waals surface area (Å²) in [6, 6.07) is 11.6. The first-order chi connectivity index (χ1) is 14.4. The molecule has 0 unspecified atom stereocenters. The lowest BCUT2D eigenvalue weighted by Crippen LogP contribution is -2.57. The number of sulfonamides is 1. The second-order valence-corrected chi connectivity index (χ2v) is 8.44. The van der Waals surface area contributed by atoms with Crippen molar-refractivity contribution in [3.8, 4) is 11.5 Å². The normalized spacial score (nSPS) is 17.1. The lowest BCUT2D eigenvalue weighted by molar-refractivity contribution is -0.130. The molecule has 1 fully saturated rings. The van der Waals surface area contributed by atoms with Crippen molar-refractivity contribution in [1.82, 2.24) is 9.62 Å². The van der Waals surface area contributed by atoms with Crippen LogP contribution in [0.4, 0.5) is 5.69 Å². The van der Waals surface area contributed by atoms with E-state index < -0.39 is 27.9 Å². The van der Waals surface area contributed by atoms with Gasteiger partial charge in [-0.2, -0.15) is 4.31 Å². The van der Waals surface area contributed by atoms with E-state index in [0.29, 0.717) is 17.2 Å². The number of ether oxygens (including phenoxy) is 2. The van der Waals surface area contributed by atoms with E-state index in [-0.39, 0.29) is 24.4 Å². The molecule has 1 atom stereocenters. The highest BCUT2D eigenvalue weighted by molar-refractivity contribution is 7.89. The molecule has 2 amide bonds. The van der Waals surface area contributed by atoms with E-state index in [2.05, 4.69) is 10.6 Å². The number of anilines is 1.